The molecule has 20 heavy (non-hydrogen) atoms. The molecule has 0 atom stereocenters. The number of ketones is 1. The Morgan fingerprint density at radius 2 is 1.90 bits per heavy atom. The third kappa shape index (κ3) is 2.25. The van der Waals surface area contributed by atoms with Gasteiger partial charge in [-0.15, -0.1) is 0 Å². The molecule has 1 aliphatic carbocycles. The number of carbonyl (C=O) groups is 1. The Hall–Kier alpha value is -0.680. The summed E-state index contributed by atoms with van der Waals surface area (Å²) in [5.74, 6) is 0.265. The van der Waals surface area contributed by atoms with Gasteiger partial charge in [-0.2, -0.15) is 5.10 Å². The van der Waals surface area contributed by atoms with E-state index in [1.807, 2.05) is 4.68 Å². The molecule has 1 spiro atoms. The lowest BCUT2D eigenvalue weighted by molar-refractivity contribution is 0.0815. The number of carbonyl (C=O) groups excluding carboxylic acids is 1. The van der Waals surface area contributed by atoms with Crippen molar-refractivity contribution < 1.29 is 4.79 Å². The number of hydrogen-bond donors (Lipinski definition) is 1. The van der Waals surface area contributed by atoms with Crippen LogP contribution in [-0.2, 0) is 12.0 Å². The number of halogens is 1. The molecule has 1 fully saturated rings. The fourth-order valence-corrected chi connectivity index (χ4v) is 4.01. The minimum atomic E-state index is -0.162. The smallest absolute Gasteiger partial charge is 0.181 e. The van der Waals surface area contributed by atoms with Crippen LogP contribution in [0.1, 0.15) is 56.1 Å². The van der Waals surface area contributed by atoms with Crippen LogP contribution in [0.4, 0.5) is 0 Å². The van der Waals surface area contributed by atoms with Crippen LogP contribution in [0, 0.1) is 5.41 Å². The number of rotatable bonds is 0. The van der Waals surface area contributed by atoms with Crippen LogP contribution in [0.15, 0.2) is 4.60 Å². The largest absolute Gasteiger partial charge is 0.317 e. The molecule has 2 aliphatic rings. The van der Waals surface area contributed by atoms with Gasteiger partial charge >= 0.3 is 0 Å². The molecule has 0 bridgehead atoms. The van der Waals surface area contributed by atoms with E-state index in [4.69, 9.17) is 0 Å². The lowest BCUT2D eigenvalue weighted by Gasteiger charge is -2.40. The van der Waals surface area contributed by atoms with Crippen LogP contribution in [-0.4, -0.2) is 28.7 Å². The van der Waals surface area contributed by atoms with Crippen molar-refractivity contribution in [3.63, 3.8) is 0 Å². The fraction of sp³-hybridized carbons (Fsp3) is 0.733. The monoisotopic (exact) mass is 339 g/mol. The van der Waals surface area contributed by atoms with Gasteiger partial charge in [0.1, 0.15) is 10.3 Å². The van der Waals surface area contributed by atoms with E-state index in [0.29, 0.717) is 6.42 Å². The SMILES string of the molecule is CC(C)(C)n1nc(Br)c2c1C(=O)CC1(CCNCC1)C2. The van der Waals surface area contributed by atoms with Gasteiger partial charge in [0.25, 0.3) is 0 Å². The maximum atomic E-state index is 12.7. The van der Waals surface area contributed by atoms with Crippen LogP contribution in [0.5, 0.6) is 0 Å². The Bertz CT molecular complexity index is 550. The molecule has 0 unspecified atom stereocenters. The number of Topliss-reactive ketones (excluding diaryl/α,β-unsaturated/α-hetero) is 1. The van der Waals surface area contributed by atoms with E-state index in [1.165, 1.54) is 0 Å². The van der Waals surface area contributed by atoms with Crippen LogP contribution < -0.4 is 5.32 Å². The second-order valence-electron chi connectivity index (χ2n) is 7.23. The third-order valence-electron chi connectivity index (χ3n) is 4.59. The Balaban J connectivity index is 2.05. The summed E-state index contributed by atoms with van der Waals surface area (Å²) in [5.41, 5.74) is 1.94. The van der Waals surface area contributed by atoms with Gasteiger partial charge < -0.3 is 5.32 Å². The lowest BCUT2D eigenvalue weighted by atomic mass is 9.67. The zero-order valence-electron chi connectivity index (χ0n) is 12.4. The molecule has 4 nitrogen and oxygen atoms in total. The quantitative estimate of drug-likeness (QED) is 0.790. The number of aromatic nitrogens is 2. The summed E-state index contributed by atoms with van der Waals surface area (Å²) in [6.45, 7) is 8.32. The van der Waals surface area contributed by atoms with Crippen LogP contribution in [0.3, 0.4) is 0 Å². The lowest BCUT2D eigenvalue weighted by Crippen LogP contribution is -2.43. The molecule has 1 N–H and O–H groups in total. The summed E-state index contributed by atoms with van der Waals surface area (Å²) in [5, 5.41) is 7.98. The highest BCUT2D eigenvalue weighted by atomic mass is 79.9. The van der Waals surface area contributed by atoms with Crippen molar-refractivity contribution in [2.75, 3.05) is 13.1 Å². The first-order chi connectivity index (χ1) is 9.32. The van der Waals surface area contributed by atoms with Gasteiger partial charge in [0.05, 0.1) is 5.54 Å². The van der Waals surface area contributed by atoms with Gasteiger partial charge in [-0.25, -0.2) is 0 Å². The predicted octanol–water partition coefficient (Wildman–Crippen LogP) is 2.90. The molecule has 1 aliphatic heterocycles. The number of nitrogens with one attached hydrogen (secondary N) is 1. The van der Waals surface area contributed by atoms with Crippen molar-refractivity contribution >= 4 is 21.7 Å². The first-order valence-corrected chi connectivity index (χ1v) is 8.14. The second kappa shape index (κ2) is 4.67. The van der Waals surface area contributed by atoms with Crippen LogP contribution in [0.2, 0.25) is 0 Å². The molecule has 1 aromatic rings. The summed E-state index contributed by atoms with van der Waals surface area (Å²) >= 11 is 3.57. The van der Waals surface area contributed by atoms with Crippen molar-refractivity contribution in [1.82, 2.24) is 15.1 Å². The molecular formula is C15H22BrN3O. The average molecular weight is 340 g/mol. The second-order valence-corrected chi connectivity index (χ2v) is 7.98. The fourth-order valence-electron chi connectivity index (χ4n) is 3.52. The third-order valence-corrected chi connectivity index (χ3v) is 5.22. The summed E-state index contributed by atoms with van der Waals surface area (Å²) in [4.78, 5) is 12.7. The molecule has 1 saturated heterocycles. The number of nitrogens with zero attached hydrogens (tertiary/aromatic N) is 2. The highest BCUT2D eigenvalue weighted by molar-refractivity contribution is 9.10. The molecule has 0 amide bonds. The topological polar surface area (TPSA) is 46.9 Å². The molecule has 0 radical (unpaired) electrons. The molecule has 5 heteroatoms. The molecule has 3 rings (SSSR count). The Morgan fingerprint density at radius 3 is 2.50 bits per heavy atom. The van der Waals surface area contributed by atoms with Gasteiger partial charge in [-0.05, 0) is 74.5 Å². The summed E-state index contributed by atoms with van der Waals surface area (Å²) in [6.07, 6.45) is 3.83. The summed E-state index contributed by atoms with van der Waals surface area (Å²) < 4.78 is 2.76. The summed E-state index contributed by atoms with van der Waals surface area (Å²) in [7, 11) is 0. The van der Waals surface area contributed by atoms with E-state index in [9.17, 15) is 4.79 Å². The van der Waals surface area contributed by atoms with Crippen LogP contribution in [0.25, 0.3) is 0 Å². The molecule has 1 aromatic heterocycles. The number of piperidine rings is 1. The van der Waals surface area contributed by atoms with Crippen molar-refractivity contribution in [1.29, 1.82) is 0 Å². The molecule has 0 saturated carbocycles. The first kappa shape index (κ1) is 14.3. The van der Waals surface area contributed by atoms with Crippen molar-refractivity contribution in [2.24, 2.45) is 5.41 Å². The van der Waals surface area contributed by atoms with Crippen molar-refractivity contribution in [2.45, 2.75) is 52.0 Å². The van der Waals surface area contributed by atoms with E-state index in [0.717, 1.165) is 48.2 Å². The zero-order chi connectivity index (χ0) is 14.5. The molecule has 0 aromatic carbocycles. The van der Waals surface area contributed by atoms with E-state index in [1.54, 1.807) is 0 Å². The Kier molecular flexibility index (Phi) is 3.33. The average Bonchev–Trinajstić information content (AvgIpc) is 2.68. The highest BCUT2D eigenvalue weighted by Gasteiger charge is 2.43. The predicted molar refractivity (Wildman–Crippen MR) is 82.1 cm³/mol. The highest BCUT2D eigenvalue weighted by Crippen LogP contribution is 2.44. The van der Waals surface area contributed by atoms with Gasteiger partial charge in [-0.3, -0.25) is 9.48 Å². The minimum Gasteiger partial charge on any atom is -0.317 e. The maximum Gasteiger partial charge on any atom is 0.181 e. The minimum absolute atomic E-state index is 0.156. The molecule has 110 valence electrons. The van der Waals surface area contributed by atoms with E-state index < -0.39 is 0 Å². The summed E-state index contributed by atoms with van der Waals surface area (Å²) in [6, 6.07) is 0. The number of fused-ring (bicyclic) bond motifs is 1. The Morgan fingerprint density at radius 1 is 1.25 bits per heavy atom. The standard InChI is InChI=1S/C15H22BrN3O/c1-14(2,3)19-12-10(13(16)18-19)8-15(9-11(12)20)4-6-17-7-5-15/h17H,4-9H2,1-3H3. The maximum absolute atomic E-state index is 12.7. The van der Waals surface area contributed by atoms with Gasteiger partial charge in [-0.1, -0.05) is 0 Å². The Labute approximate surface area is 128 Å². The normalized spacial score (nSPS) is 22.1. The van der Waals surface area contributed by atoms with Crippen molar-refractivity contribution in [3.8, 4) is 0 Å². The van der Waals surface area contributed by atoms with Crippen LogP contribution >= 0.6 is 15.9 Å². The van der Waals surface area contributed by atoms with Crippen molar-refractivity contribution in [3.05, 3.63) is 15.9 Å². The van der Waals surface area contributed by atoms with E-state index in [-0.39, 0.29) is 16.7 Å². The number of hydrogen-bond acceptors (Lipinski definition) is 3. The van der Waals surface area contributed by atoms with Gasteiger partial charge in [0, 0.05) is 12.0 Å². The zero-order valence-corrected chi connectivity index (χ0v) is 14.0. The van der Waals surface area contributed by atoms with E-state index in [2.05, 4.69) is 47.1 Å². The van der Waals surface area contributed by atoms with Gasteiger partial charge in [0.2, 0.25) is 0 Å². The molecule has 2 heterocycles. The van der Waals surface area contributed by atoms with E-state index >= 15 is 0 Å². The first-order valence-electron chi connectivity index (χ1n) is 7.34. The molecular weight excluding hydrogens is 318 g/mol. The van der Waals surface area contributed by atoms with Gasteiger partial charge in [0.15, 0.2) is 5.78 Å².